The van der Waals surface area contributed by atoms with Gasteiger partial charge in [-0.25, -0.2) is 4.98 Å². The van der Waals surface area contributed by atoms with Gasteiger partial charge >= 0.3 is 0 Å². The molecular weight excluding hydrogens is 342 g/mol. The van der Waals surface area contributed by atoms with Gasteiger partial charge < -0.3 is 9.80 Å². The smallest absolute Gasteiger partial charge is 0.180 e. The molecule has 1 aliphatic carbocycles. The van der Waals surface area contributed by atoms with Crippen molar-refractivity contribution in [3.63, 3.8) is 0 Å². The van der Waals surface area contributed by atoms with E-state index >= 15 is 0 Å². The van der Waals surface area contributed by atoms with Crippen molar-refractivity contribution in [2.45, 2.75) is 31.2 Å². The van der Waals surface area contributed by atoms with Crippen LogP contribution in [0.5, 0.6) is 0 Å². The molecule has 5 rings (SSSR count). The molecule has 134 valence electrons. The monoisotopic (exact) mass is 365 g/mol. The molecule has 1 spiro atoms. The van der Waals surface area contributed by atoms with Crippen LogP contribution < -0.4 is 10.3 Å². The maximum Gasteiger partial charge on any atom is 0.180 e. The summed E-state index contributed by atoms with van der Waals surface area (Å²) in [5.41, 5.74) is 3.68. The van der Waals surface area contributed by atoms with Gasteiger partial charge in [0.1, 0.15) is 0 Å². The third-order valence-electron chi connectivity index (χ3n) is 6.34. The number of likely N-dealkylation sites (tertiary alicyclic amines) is 1. The average molecular weight is 366 g/mol. The van der Waals surface area contributed by atoms with Crippen LogP contribution in [0.4, 0.5) is 5.69 Å². The van der Waals surface area contributed by atoms with Crippen molar-refractivity contribution in [2.24, 2.45) is 0 Å². The number of anilines is 1. The zero-order valence-electron chi connectivity index (χ0n) is 15.1. The Hall–Kier alpha value is -1.98. The summed E-state index contributed by atoms with van der Waals surface area (Å²) >= 11 is 1.67. The van der Waals surface area contributed by atoms with Gasteiger partial charge in [-0.15, -0.1) is 11.3 Å². The van der Waals surface area contributed by atoms with E-state index in [1.807, 2.05) is 6.07 Å². The molecule has 5 heteroatoms. The molecular formula is C21H23N3OS. The summed E-state index contributed by atoms with van der Waals surface area (Å²) in [6.45, 7) is 3.48. The second kappa shape index (κ2) is 6.03. The summed E-state index contributed by atoms with van der Waals surface area (Å²) in [6, 6.07) is 11.7. The van der Waals surface area contributed by atoms with Gasteiger partial charge in [0.25, 0.3) is 0 Å². The average Bonchev–Trinajstić information content (AvgIpc) is 3.00. The maximum absolute atomic E-state index is 11.6. The summed E-state index contributed by atoms with van der Waals surface area (Å²) in [7, 11) is 2.29. The first-order valence-corrected chi connectivity index (χ1v) is 10.3. The Labute approximate surface area is 157 Å². The third-order valence-corrected chi connectivity index (χ3v) is 7.43. The molecule has 4 nitrogen and oxygen atoms in total. The predicted molar refractivity (Wildman–Crippen MR) is 109 cm³/mol. The second-order valence-corrected chi connectivity index (χ2v) is 8.82. The normalized spacial score (nSPS) is 20.4. The van der Waals surface area contributed by atoms with Crippen molar-refractivity contribution in [2.75, 3.05) is 31.6 Å². The highest BCUT2D eigenvalue weighted by atomic mass is 32.1. The Balaban J connectivity index is 1.46. The molecule has 1 aromatic rings. The number of nitrogens with zero attached hydrogens (tertiary/aromatic N) is 3. The van der Waals surface area contributed by atoms with Crippen molar-refractivity contribution < 1.29 is 0 Å². The van der Waals surface area contributed by atoms with Crippen LogP contribution in [0, 0.1) is 0 Å². The van der Waals surface area contributed by atoms with Crippen molar-refractivity contribution >= 4 is 27.2 Å². The summed E-state index contributed by atoms with van der Waals surface area (Å²) in [5, 5.41) is 0. The minimum absolute atomic E-state index is 0.0491. The molecule has 0 unspecified atom stereocenters. The number of rotatable bonds is 1. The van der Waals surface area contributed by atoms with E-state index in [2.05, 4.69) is 35.0 Å². The lowest BCUT2D eigenvalue weighted by molar-refractivity contribution is 0.137. The quantitative estimate of drug-likeness (QED) is 0.614. The highest BCUT2D eigenvalue weighted by Crippen LogP contribution is 2.39. The number of piperidine rings is 1. The Morgan fingerprint density at radius 3 is 2.65 bits per heavy atom. The van der Waals surface area contributed by atoms with Gasteiger partial charge in [-0.2, -0.15) is 0 Å². The second-order valence-electron chi connectivity index (χ2n) is 7.73. The summed E-state index contributed by atoms with van der Waals surface area (Å²) in [4.78, 5) is 22.4. The summed E-state index contributed by atoms with van der Waals surface area (Å²) < 4.78 is 1.15. The van der Waals surface area contributed by atoms with Crippen molar-refractivity contribution in [3.8, 4) is 10.6 Å². The number of hydrogen-bond acceptors (Lipinski definition) is 5. The lowest BCUT2D eigenvalue weighted by Gasteiger charge is -2.44. The minimum atomic E-state index is 0.0491. The van der Waals surface area contributed by atoms with Crippen LogP contribution in [0.25, 0.3) is 20.8 Å². The Bertz CT molecular complexity index is 990. The van der Waals surface area contributed by atoms with Crippen LogP contribution in [0.3, 0.4) is 0 Å². The molecule has 26 heavy (non-hydrogen) atoms. The molecule has 0 aromatic heterocycles. The fourth-order valence-corrected chi connectivity index (χ4v) is 5.70. The zero-order chi connectivity index (χ0) is 17.7. The van der Waals surface area contributed by atoms with E-state index in [1.54, 1.807) is 23.5 Å². The largest absolute Gasteiger partial charge is 0.371 e. The number of hydrogen-bond donors (Lipinski definition) is 0. The van der Waals surface area contributed by atoms with E-state index in [0.29, 0.717) is 5.54 Å². The van der Waals surface area contributed by atoms with Gasteiger partial charge in [0, 0.05) is 30.4 Å². The van der Waals surface area contributed by atoms with E-state index in [-0.39, 0.29) is 5.43 Å². The summed E-state index contributed by atoms with van der Waals surface area (Å²) in [5.74, 6) is 0. The van der Waals surface area contributed by atoms with Crippen molar-refractivity contribution in [3.05, 3.63) is 46.6 Å². The van der Waals surface area contributed by atoms with Crippen LogP contribution >= 0.6 is 11.3 Å². The summed E-state index contributed by atoms with van der Waals surface area (Å²) in [6.07, 6.45) is 5.19. The lowest BCUT2D eigenvalue weighted by Crippen LogP contribution is -2.50. The SMILES string of the molecule is CN1CCCC12CCN(c1ccc3nc4ccc(=O)cc-4sc3c1)CC2. The van der Waals surface area contributed by atoms with E-state index in [1.165, 1.54) is 37.9 Å². The molecule has 1 aromatic carbocycles. The van der Waals surface area contributed by atoms with Crippen molar-refractivity contribution in [1.82, 2.24) is 9.88 Å². The van der Waals surface area contributed by atoms with E-state index < -0.39 is 0 Å². The molecule has 0 bridgehead atoms. The van der Waals surface area contributed by atoms with Gasteiger partial charge in [-0.1, -0.05) is 0 Å². The Morgan fingerprint density at radius 1 is 1.04 bits per heavy atom. The van der Waals surface area contributed by atoms with Crippen LogP contribution in [0.15, 0.2) is 41.2 Å². The van der Waals surface area contributed by atoms with Crippen LogP contribution in [-0.2, 0) is 0 Å². The fraction of sp³-hybridized carbons (Fsp3) is 0.429. The number of aromatic nitrogens is 1. The van der Waals surface area contributed by atoms with Gasteiger partial charge in [0.15, 0.2) is 5.43 Å². The zero-order valence-corrected chi connectivity index (χ0v) is 15.9. The Kier molecular flexibility index (Phi) is 3.76. The minimum Gasteiger partial charge on any atom is -0.371 e. The number of benzene rings is 2. The van der Waals surface area contributed by atoms with Crippen LogP contribution in [0.2, 0.25) is 0 Å². The molecule has 4 aliphatic rings. The highest BCUT2D eigenvalue weighted by molar-refractivity contribution is 7.21. The van der Waals surface area contributed by atoms with Gasteiger partial charge in [0.2, 0.25) is 0 Å². The molecule has 3 aliphatic heterocycles. The van der Waals surface area contributed by atoms with Gasteiger partial charge in [-0.3, -0.25) is 4.79 Å². The molecule has 2 saturated heterocycles. The van der Waals surface area contributed by atoms with Crippen LogP contribution in [-0.4, -0.2) is 42.1 Å². The third kappa shape index (κ3) is 2.61. The molecule has 0 saturated carbocycles. The van der Waals surface area contributed by atoms with E-state index in [9.17, 15) is 4.79 Å². The number of fused-ring (bicyclic) bond motifs is 2. The first-order valence-electron chi connectivity index (χ1n) is 9.44. The first kappa shape index (κ1) is 16.2. The molecule has 2 fully saturated rings. The van der Waals surface area contributed by atoms with Crippen molar-refractivity contribution in [1.29, 1.82) is 0 Å². The fourth-order valence-electron chi connectivity index (χ4n) is 4.68. The predicted octanol–water partition coefficient (Wildman–Crippen LogP) is 3.83. The molecule has 0 N–H and O–H groups in total. The molecule has 0 amide bonds. The van der Waals surface area contributed by atoms with Gasteiger partial charge in [-0.05, 0) is 69.6 Å². The Morgan fingerprint density at radius 2 is 1.88 bits per heavy atom. The molecule has 3 heterocycles. The molecule has 0 atom stereocenters. The standard InChI is InChI=1S/C21H23N3OS/c1-23-10-2-7-21(23)8-11-24(12-9-21)15-3-5-17-19(13-15)26-20-14-16(25)4-6-18(20)22-17/h3-6,13-14H,2,7-12H2,1H3. The first-order chi connectivity index (χ1) is 12.6. The van der Waals surface area contributed by atoms with Gasteiger partial charge in [0.05, 0.1) is 20.8 Å². The highest BCUT2D eigenvalue weighted by Gasteiger charge is 2.41. The topological polar surface area (TPSA) is 36.4 Å². The van der Waals surface area contributed by atoms with Crippen LogP contribution in [0.1, 0.15) is 25.7 Å². The van der Waals surface area contributed by atoms with E-state index in [4.69, 9.17) is 4.98 Å². The maximum atomic E-state index is 11.6. The van der Waals surface area contributed by atoms with E-state index in [0.717, 1.165) is 33.9 Å². The molecule has 0 radical (unpaired) electrons. The lowest BCUT2D eigenvalue weighted by atomic mass is 9.85.